The van der Waals surface area contributed by atoms with Gasteiger partial charge in [0.25, 0.3) is 0 Å². The van der Waals surface area contributed by atoms with Gasteiger partial charge in [-0.1, -0.05) is 0 Å². The van der Waals surface area contributed by atoms with E-state index in [1.54, 1.807) is 20.8 Å². The average molecular weight is 492 g/mol. The molecule has 190 valence electrons. The summed E-state index contributed by atoms with van der Waals surface area (Å²) in [6, 6.07) is 0.998. The minimum atomic E-state index is -1.63. The lowest BCUT2D eigenvalue weighted by Gasteiger charge is -2.24. The third kappa shape index (κ3) is 11.4. The Labute approximate surface area is 200 Å². The van der Waals surface area contributed by atoms with Gasteiger partial charge in [-0.25, -0.2) is 14.4 Å². The molecule has 0 heterocycles. The van der Waals surface area contributed by atoms with Crippen molar-refractivity contribution in [3.05, 3.63) is 29.3 Å². The number of carbonyl (C=O) groups is 5. The number of aromatic carboxylic acids is 2. The number of urea groups is 1. The number of nitrogens with zero attached hydrogens (tertiary/aromatic N) is 2. The number of amides is 3. The molecule has 0 bridgehead atoms. The van der Waals surface area contributed by atoms with Gasteiger partial charge in [-0.05, 0) is 58.2 Å². The Morgan fingerprint density at radius 1 is 1.14 bits per heavy atom. The van der Waals surface area contributed by atoms with E-state index in [1.165, 1.54) is 0 Å². The Balaban J connectivity index is 2.83. The molecule has 0 saturated carbocycles. The molecular formula is C21H28N6O8. The lowest BCUT2D eigenvalue weighted by molar-refractivity contribution is -0.255. The highest BCUT2D eigenvalue weighted by atomic mass is 16.6. The van der Waals surface area contributed by atoms with Crippen LogP contribution in [0.2, 0.25) is 0 Å². The van der Waals surface area contributed by atoms with E-state index in [4.69, 9.17) is 15.4 Å². The standard InChI is InChI=1S/C21H28N6O8/c1-21(2,3)35-19(33)15(6-4-5-7-23-16(28)11-24-27-22)26-20(34)25-14-9-12(17(29)30)8-13(10-14)18(31)32/h8-10,15,22H,4-7,11H2,1-3H3,(H4-,23,25,26,28,29,30,31,32,34). The molecule has 1 aromatic carbocycles. The Morgan fingerprint density at radius 3 is 2.37 bits per heavy atom. The maximum Gasteiger partial charge on any atom is 0.335 e. The van der Waals surface area contributed by atoms with E-state index in [0.717, 1.165) is 18.2 Å². The third-order valence-corrected chi connectivity index (χ3v) is 4.20. The van der Waals surface area contributed by atoms with Crippen molar-refractivity contribution in [2.45, 2.75) is 51.7 Å². The van der Waals surface area contributed by atoms with Crippen LogP contribution in [0.1, 0.15) is 60.7 Å². The van der Waals surface area contributed by atoms with E-state index in [9.17, 15) is 29.1 Å². The van der Waals surface area contributed by atoms with Gasteiger partial charge in [-0.15, -0.1) is 0 Å². The van der Waals surface area contributed by atoms with Crippen LogP contribution < -0.4 is 26.0 Å². The Morgan fingerprint density at radius 2 is 1.80 bits per heavy atom. The van der Waals surface area contributed by atoms with Gasteiger partial charge < -0.3 is 35.7 Å². The van der Waals surface area contributed by atoms with Gasteiger partial charge in [0.15, 0.2) is 0 Å². The van der Waals surface area contributed by atoms with E-state index in [0.29, 0.717) is 12.8 Å². The van der Waals surface area contributed by atoms with Crippen LogP contribution in [0.5, 0.6) is 0 Å². The van der Waals surface area contributed by atoms with Gasteiger partial charge in [-0.2, -0.15) is 0 Å². The minimum absolute atomic E-state index is 0.128. The molecule has 0 radical (unpaired) electrons. The molecule has 14 nitrogen and oxygen atoms in total. The van der Waals surface area contributed by atoms with E-state index in [2.05, 4.69) is 26.0 Å². The Hall–Kier alpha value is -4.32. The molecule has 0 aliphatic carbocycles. The van der Waals surface area contributed by atoms with Gasteiger partial charge in [0.2, 0.25) is 17.4 Å². The number of esters is 1. The van der Waals surface area contributed by atoms with Crippen molar-refractivity contribution in [1.82, 2.24) is 15.5 Å². The largest absolute Gasteiger partial charge is 0.545 e. The predicted octanol–water partition coefficient (Wildman–Crippen LogP) is 0.417. The topological polar surface area (TPSA) is 224 Å². The first kappa shape index (κ1) is 28.7. The van der Waals surface area contributed by atoms with Crippen molar-refractivity contribution in [3.8, 4) is 0 Å². The molecule has 0 fully saturated rings. The predicted molar refractivity (Wildman–Crippen MR) is 119 cm³/mol. The summed E-state index contributed by atoms with van der Waals surface area (Å²) in [6.07, 6.45) is 1.03. The zero-order valence-corrected chi connectivity index (χ0v) is 19.5. The summed E-state index contributed by atoms with van der Waals surface area (Å²) in [5, 5.41) is 30.9. The van der Waals surface area contributed by atoms with Crippen molar-refractivity contribution >= 4 is 35.5 Å². The highest BCUT2D eigenvalue weighted by molar-refractivity contribution is 5.98. The monoisotopic (exact) mass is 492 g/mol. The molecule has 1 atom stereocenters. The number of carboxylic acids is 2. The van der Waals surface area contributed by atoms with E-state index in [1.807, 2.05) is 0 Å². The smallest absolute Gasteiger partial charge is 0.335 e. The second-order valence-corrected chi connectivity index (χ2v) is 8.32. The number of unbranched alkanes of at least 4 members (excludes halogenated alkanes) is 1. The zero-order valence-electron chi connectivity index (χ0n) is 19.5. The lowest BCUT2D eigenvalue weighted by atomic mass is 10.1. The highest BCUT2D eigenvalue weighted by Gasteiger charge is 2.26. The molecule has 3 amide bonds. The molecule has 1 aromatic rings. The molecule has 0 aromatic heterocycles. The van der Waals surface area contributed by atoms with Gasteiger partial charge in [0, 0.05) is 17.8 Å². The number of benzene rings is 1. The first-order chi connectivity index (χ1) is 16.3. The minimum Gasteiger partial charge on any atom is -0.545 e. The first-order valence-corrected chi connectivity index (χ1v) is 10.5. The number of hydrogen-bond donors (Lipinski definition) is 5. The van der Waals surface area contributed by atoms with Crippen LogP contribution in [-0.2, 0) is 14.3 Å². The summed E-state index contributed by atoms with van der Waals surface area (Å²) in [4.78, 5) is 61.6. The van der Waals surface area contributed by atoms with Crippen molar-refractivity contribution in [1.29, 1.82) is 5.53 Å². The summed E-state index contributed by atoms with van der Waals surface area (Å²) in [6.45, 7) is 4.97. The van der Waals surface area contributed by atoms with Gasteiger partial charge in [-0.3, -0.25) is 4.79 Å². The maximum absolute atomic E-state index is 12.6. The normalized spacial score (nSPS) is 11.4. The van der Waals surface area contributed by atoms with E-state index >= 15 is 0 Å². The van der Waals surface area contributed by atoms with Crippen LogP contribution in [0, 0.1) is 5.53 Å². The maximum atomic E-state index is 12.6. The molecule has 1 rings (SSSR count). The van der Waals surface area contributed by atoms with Gasteiger partial charge in [0.1, 0.15) is 22.3 Å². The summed E-state index contributed by atoms with van der Waals surface area (Å²) in [7, 11) is 0. The van der Waals surface area contributed by atoms with E-state index < -0.39 is 47.1 Å². The molecule has 0 saturated heterocycles. The molecule has 0 aliphatic heterocycles. The van der Waals surface area contributed by atoms with Crippen LogP contribution in [0.3, 0.4) is 0 Å². The number of anilines is 1. The van der Waals surface area contributed by atoms with Crippen LogP contribution in [0.25, 0.3) is 0 Å². The fourth-order valence-corrected chi connectivity index (χ4v) is 2.75. The van der Waals surface area contributed by atoms with E-state index in [-0.39, 0.29) is 30.8 Å². The number of ether oxygens (including phenoxy) is 1. The fraction of sp³-hybridized carbons (Fsp3) is 0.476. The number of carbonyl (C=O) groups excluding carboxylic acids is 4. The molecular weight excluding hydrogens is 464 g/mol. The number of hydrogen-bond acceptors (Lipinski definition) is 9. The van der Waals surface area contributed by atoms with Crippen LogP contribution in [0.15, 0.2) is 23.3 Å². The third-order valence-electron chi connectivity index (χ3n) is 4.20. The Bertz CT molecular complexity index is 981. The van der Waals surface area contributed by atoms with Crippen LogP contribution in [-0.4, -0.2) is 59.7 Å². The second kappa shape index (κ2) is 13.4. The van der Waals surface area contributed by atoms with Crippen LogP contribution in [0.4, 0.5) is 10.5 Å². The molecule has 35 heavy (non-hydrogen) atoms. The van der Waals surface area contributed by atoms with Gasteiger partial charge >= 0.3 is 18.0 Å². The first-order valence-electron chi connectivity index (χ1n) is 10.5. The van der Waals surface area contributed by atoms with Crippen molar-refractivity contribution in [2.75, 3.05) is 18.4 Å². The van der Waals surface area contributed by atoms with Crippen molar-refractivity contribution in [3.63, 3.8) is 0 Å². The van der Waals surface area contributed by atoms with Gasteiger partial charge in [0.05, 0.1) is 11.5 Å². The molecule has 0 spiro atoms. The molecule has 14 heteroatoms. The zero-order chi connectivity index (χ0) is 26.6. The lowest BCUT2D eigenvalue weighted by Crippen LogP contribution is -2.46. The Kier molecular flexibility index (Phi) is 11.0. The molecule has 5 N–H and O–H groups in total. The SMILES string of the molecule is CC(C)(C)OC(=O)C(CCCCNC(=O)CN=[N+]=N)NC(=O)Nc1cc(C(=O)[O-])cc(C(=O)O)c1. The molecule has 0 aliphatic rings. The number of carboxylic acid groups (broad SMARTS) is 2. The summed E-state index contributed by atoms with van der Waals surface area (Å²) < 4.78 is 5.34. The fourth-order valence-electron chi connectivity index (χ4n) is 2.75. The molecule has 1 unspecified atom stereocenters. The van der Waals surface area contributed by atoms with Crippen molar-refractivity contribution < 1.29 is 38.9 Å². The summed E-state index contributed by atoms with van der Waals surface area (Å²) >= 11 is 0. The average Bonchev–Trinajstić information content (AvgIpc) is 2.74. The van der Waals surface area contributed by atoms with Crippen molar-refractivity contribution in [2.24, 2.45) is 5.11 Å². The second-order valence-electron chi connectivity index (χ2n) is 8.32. The quantitative estimate of drug-likeness (QED) is 0.119. The van der Waals surface area contributed by atoms with Crippen LogP contribution >= 0.6 is 0 Å². The summed E-state index contributed by atoms with van der Waals surface area (Å²) in [5.74, 6) is -4.15. The highest BCUT2D eigenvalue weighted by Crippen LogP contribution is 2.16. The number of nitrogens with one attached hydrogen (secondary N) is 4. The number of rotatable bonds is 12. The summed E-state index contributed by atoms with van der Waals surface area (Å²) in [5.41, 5.74) is 4.73.